The molecule has 0 aliphatic carbocycles. The van der Waals surface area contributed by atoms with Crippen LogP contribution in [0.5, 0.6) is 0 Å². The Labute approximate surface area is 148 Å². The van der Waals surface area contributed by atoms with E-state index in [1.165, 1.54) is 0 Å². The molecule has 25 heavy (non-hydrogen) atoms. The number of anilines is 1. The van der Waals surface area contributed by atoms with E-state index in [2.05, 4.69) is 20.4 Å². The number of hydrogen-bond donors (Lipinski definition) is 2. The predicted octanol–water partition coefficient (Wildman–Crippen LogP) is 3.58. The standard InChI is InChI=1S/C18H14ClN5O/c19-13-7-5-12(6-8-13)9-17(25)21-14-10-20-24(11-14)18-22-15-3-1-2-4-16(15)23-18/h1-8,10-11H,9H2,(H,21,25)(H,22,23). The molecule has 124 valence electrons. The van der Waals surface area contributed by atoms with Gasteiger partial charge in [0.15, 0.2) is 0 Å². The number of carbonyl (C=O) groups excluding carboxylic acids is 1. The molecule has 0 bridgehead atoms. The van der Waals surface area contributed by atoms with Gasteiger partial charge in [0.05, 0.1) is 35.5 Å². The van der Waals surface area contributed by atoms with E-state index in [0.717, 1.165) is 16.6 Å². The van der Waals surface area contributed by atoms with Crippen LogP contribution < -0.4 is 5.32 Å². The van der Waals surface area contributed by atoms with Crippen LogP contribution in [0.25, 0.3) is 17.0 Å². The molecule has 4 aromatic rings. The average Bonchev–Trinajstić information content (AvgIpc) is 3.23. The van der Waals surface area contributed by atoms with Crippen LogP contribution in [0.2, 0.25) is 5.02 Å². The largest absolute Gasteiger partial charge is 0.323 e. The van der Waals surface area contributed by atoms with E-state index in [9.17, 15) is 4.79 Å². The van der Waals surface area contributed by atoms with Crippen LogP contribution in [0, 0.1) is 0 Å². The van der Waals surface area contributed by atoms with Gasteiger partial charge in [-0.1, -0.05) is 35.9 Å². The van der Waals surface area contributed by atoms with E-state index in [0.29, 0.717) is 16.7 Å². The number of amides is 1. The molecule has 0 spiro atoms. The normalized spacial score (nSPS) is 10.9. The van der Waals surface area contributed by atoms with Crippen molar-refractivity contribution in [1.82, 2.24) is 19.7 Å². The molecule has 0 saturated heterocycles. The molecule has 2 N–H and O–H groups in total. The zero-order valence-electron chi connectivity index (χ0n) is 13.1. The molecule has 0 aliphatic heterocycles. The van der Waals surface area contributed by atoms with Gasteiger partial charge < -0.3 is 10.3 Å². The van der Waals surface area contributed by atoms with Crippen molar-refractivity contribution in [3.63, 3.8) is 0 Å². The third-order valence-electron chi connectivity index (χ3n) is 3.74. The first-order valence-corrected chi connectivity index (χ1v) is 8.09. The van der Waals surface area contributed by atoms with Crippen molar-refractivity contribution in [3.05, 3.63) is 71.5 Å². The van der Waals surface area contributed by atoms with Gasteiger partial charge in [-0.25, -0.2) is 9.67 Å². The van der Waals surface area contributed by atoms with E-state index in [4.69, 9.17) is 11.6 Å². The summed E-state index contributed by atoms with van der Waals surface area (Å²) in [5.41, 5.74) is 3.30. The highest BCUT2D eigenvalue weighted by atomic mass is 35.5. The number of benzene rings is 2. The number of nitrogens with zero attached hydrogens (tertiary/aromatic N) is 3. The first kappa shape index (κ1) is 15.4. The van der Waals surface area contributed by atoms with Gasteiger partial charge in [0.2, 0.25) is 11.9 Å². The smallest absolute Gasteiger partial charge is 0.229 e. The third kappa shape index (κ3) is 3.39. The number of halogens is 1. The maximum Gasteiger partial charge on any atom is 0.229 e. The van der Waals surface area contributed by atoms with Crippen LogP contribution in [0.4, 0.5) is 5.69 Å². The first-order chi connectivity index (χ1) is 12.2. The number of fused-ring (bicyclic) bond motifs is 1. The number of carbonyl (C=O) groups is 1. The second kappa shape index (κ2) is 6.41. The number of para-hydroxylation sites is 2. The first-order valence-electron chi connectivity index (χ1n) is 7.71. The Morgan fingerprint density at radius 3 is 2.76 bits per heavy atom. The summed E-state index contributed by atoms with van der Waals surface area (Å²) in [7, 11) is 0. The highest BCUT2D eigenvalue weighted by molar-refractivity contribution is 6.30. The summed E-state index contributed by atoms with van der Waals surface area (Å²) in [6.45, 7) is 0. The van der Waals surface area contributed by atoms with Crippen LogP contribution in [-0.4, -0.2) is 25.7 Å². The Morgan fingerprint density at radius 2 is 1.96 bits per heavy atom. The second-order valence-electron chi connectivity index (χ2n) is 5.60. The van der Waals surface area contributed by atoms with Crippen molar-refractivity contribution in [2.45, 2.75) is 6.42 Å². The van der Waals surface area contributed by atoms with Crippen molar-refractivity contribution >= 4 is 34.2 Å². The lowest BCUT2D eigenvalue weighted by Crippen LogP contribution is -2.13. The lowest BCUT2D eigenvalue weighted by molar-refractivity contribution is -0.115. The van der Waals surface area contributed by atoms with E-state index < -0.39 is 0 Å². The summed E-state index contributed by atoms with van der Waals surface area (Å²) < 4.78 is 1.60. The minimum absolute atomic E-state index is 0.119. The number of H-pyrrole nitrogens is 1. The van der Waals surface area contributed by atoms with E-state index in [1.807, 2.05) is 36.4 Å². The molecule has 0 unspecified atom stereocenters. The molecule has 2 aromatic heterocycles. The fourth-order valence-corrected chi connectivity index (χ4v) is 2.67. The van der Waals surface area contributed by atoms with Crippen LogP contribution in [0.3, 0.4) is 0 Å². The molecular formula is C18H14ClN5O. The molecule has 0 radical (unpaired) electrons. The molecule has 7 heteroatoms. The van der Waals surface area contributed by atoms with Crippen LogP contribution in [0.1, 0.15) is 5.56 Å². The molecule has 2 aromatic carbocycles. The molecule has 4 rings (SSSR count). The molecule has 0 atom stereocenters. The van der Waals surface area contributed by atoms with Crippen LogP contribution >= 0.6 is 11.6 Å². The Hall–Kier alpha value is -3.12. The van der Waals surface area contributed by atoms with E-state index in [1.54, 1.807) is 29.2 Å². The third-order valence-corrected chi connectivity index (χ3v) is 3.99. The minimum Gasteiger partial charge on any atom is -0.323 e. The maximum atomic E-state index is 12.1. The number of aromatic amines is 1. The number of nitrogens with one attached hydrogen (secondary N) is 2. The second-order valence-corrected chi connectivity index (χ2v) is 6.04. The molecule has 0 aliphatic rings. The van der Waals surface area contributed by atoms with E-state index in [-0.39, 0.29) is 12.3 Å². The van der Waals surface area contributed by atoms with Gasteiger partial charge in [-0.15, -0.1) is 0 Å². The maximum absolute atomic E-state index is 12.1. The minimum atomic E-state index is -0.119. The molecule has 0 saturated carbocycles. The highest BCUT2D eigenvalue weighted by Crippen LogP contribution is 2.15. The molecule has 0 fully saturated rings. The summed E-state index contributed by atoms with van der Waals surface area (Å²) in [5, 5.41) is 7.73. The van der Waals surface area contributed by atoms with Gasteiger partial charge in [-0.2, -0.15) is 5.10 Å². The monoisotopic (exact) mass is 351 g/mol. The van der Waals surface area contributed by atoms with Crippen molar-refractivity contribution in [1.29, 1.82) is 0 Å². The zero-order valence-corrected chi connectivity index (χ0v) is 13.9. The predicted molar refractivity (Wildman–Crippen MR) is 97.0 cm³/mol. The summed E-state index contributed by atoms with van der Waals surface area (Å²) in [6.07, 6.45) is 3.58. The summed E-state index contributed by atoms with van der Waals surface area (Å²) >= 11 is 5.85. The highest BCUT2D eigenvalue weighted by Gasteiger charge is 2.09. The van der Waals surface area contributed by atoms with Gasteiger partial charge in [-0.3, -0.25) is 4.79 Å². The zero-order chi connectivity index (χ0) is 17.2. The van der Waals surface area contributed by atoms with Crippen molar-refractivity contribution in [2.24, 2.45) is 0 Å². The topological polar surface area (TPSA) is 75.6 Å². The van der Waals surface area contributed by atoms with E-state index >= 15 is 0 Å². The number of hydrogen-bond acceptors (Lipinski definition) is 3. The Kier molecular flexibility index (Phi) is 3.95. The average molecular weight is 352 g/mol. The lowest BCUT2D eigenvalue weighted by atomic mass is 10.1. The van der Waals surface area contributed by atoms with Gasteiger partial charge in [0, 0.05) is 5.02 Å². The Balaban J connectivity index is 1.47. The lowest BCUT2D eigenvalue weighted by Gasteiger charge is -2.02. The fraction of sp³-hybridized carbons (Fsp3) is 0.0556. The van der Waals surface area contributed by atoms with Crippen molar-refractivity contribution < 1.29 is 4.79 Å². The molecule has 2 heterocycles. The molecule has 1 amide bonds. The quantitative estimate of drug-likeness (QED) is 0.590. The molecule has 6 nitrogen and oxygen atoms in total. The summed E-state index contributed by atoms with van der Waals surface area (Å²) in [4.78, 5) is 19.8. The van der Waals surface area contributed by atoms with Crippen LogP contribution in [0.15, 0.2) is 60.9 Å². The van der Waals surface area contributed by atoms with Gasteiger partial charge in [0.25, 0.3) is 0 Å². The Bertz CT molecular complexity index is 1000. The van der Waals surface area contributed by atoms with Crippen molar-refractivity contribution in [3.8, 4) is 5.95 Å². The van der Waals surface area contributed by atoms with Gasteiger partial charge in [0.1, 0.15) is 0 Å². The van der Waals surface area contributed by atoms with Gasteiger partial charge >= 0.3 is 0 Å². The summed E-state index contributed by atoms with van der Waals surface area (Å²) in [6, 6.07) is 14.9. The fourth-order valence-electron chi connectivity index (χ4n) is 2.54. The van der Waals surface area contributed by atoms with Crippen LogP contribution in [-0.2, 0) is 11.2 Å². The number of imidazole rings is 1. The number of aromatic nitrogens is 4. The molecular weight excluding hydrogens is 338 g/mol. The SMILES string of the molecule is O=C(Cc1ccc(Cl)cc1)Nc1cnn(-c2nc3ccccc3[nH]2)c1. The van der Waals surface area contributed by atoms with Gasteiger partial charge in [-0.05, 0) is 29.8 Å². The Morgan fingerprint density at radius 1 is 1.16 bits per heavy atom. The summed E-state index contributed by atoms with van der Waals surface area (Å²) in [5.74, 6) is 0.478. The van der Waals surface area contributed by atoms with Crippen molar-refractivity contribution in [2.75, 3.05) is 5.32 Å². The number of rotatable bonds is 4.